The maximum atomic E-state index is 14.6. The lowest BCUT2D eigenvalue weighted by Gasteiger charge is -2.27. The maximum absolute atomic E-state index is 14.6. The quantitative estimate of drug-likeness (QED) is 0.434. The molecule has 0 fully saturated rings. The number of nitriles is 1. The third kappa shape index (κ3) is 5.66. The Balaban J connectivity index is 1.79. The summed E-state index contributed by atoms with van der Waals surface area (Å²) in [5, 5.41) is 10.1. The molecule has 0 spiro atoms. The van der Waals surface area contributed by atoms with E-state index in [9.17, 15) is 18.1 Å². The Bertz CT molecular complexity index is 1350. The second-order valence-electron chi connectivity index (χ2n) is 8.39. The highest BCUT2D eigenvalue weighted by atomic mass is 35.5. The normalized spacial score (nSPS) is 11.7. The van der Waals surface area contributed by atoms with Crippen LogP contribution in [0.4, 0.5) is 10.2 Å². The van der Waals surface area contributed by atoms with Crippen molar-refractivity contribution in [1.82, 2.24) is 4.98 Å². The standard InChI is InChI=1S/C25H25ClFN3O3S/c1-5-21-17(14-28)12-19(13-22(21)26)25(2,3)18-6-8-20(9-7-18)33-15-16-10-11-29-24(23(16)27)30-34(4,31)32/h6-13H,5,15H2,1-4H3,(H,29,30). The van der Waals surface area contributed by atoms with Crippen molar-refractivity contribution in [3.8, 4) is 11.8 Å². The fraction of sp³-hybridized carbons (Fsp3) is 0.280. The maximum Gasteiger partial charge on any atom is 0.231 e. The van der Waals surface area contributed by atoms with Gasteiger partial charge in [-0.1, -0.05) is 44.5 Å². The van der Waals surface area contributed by atoms with Crippen LogP contribution in [0, 0.1) is 17.1 Å². The summed E-state index contributed by atoms with van der Waals surface area (Å²) in [5.74, 6) is -0.637. The monoisotopic (exact) mass is 501 g/mol. The van der Waals surface area contributed by atoms with Gasteiger partial charge in [0.1, 0.15) is 12.4 Å². The van der Waals surface area contributed by atoms with Crippen molar-refractivity contribution in [1.29, 1.82) is 5.26 Å². The smallest absolute Gasteiger partial charge is 0.231 e. The largest absolute Gasteiger partial charge is 0.489 e. The number of aromatic nitrogens is 1. The van der Waals surface area contributed by atoms with Crippen LogP contribution in [-0.2, 0) is 28.5 Å². The van der Waals surface area contributed by atoms with Gasteiger partial charge in [0.15, 0.2) is 11.6 Å². The lowest BCUT2D eigenvalue weighted by molar-refractivity contribution is 0.299. The number of sulfonamides is 1. The van der Waals surface area contributed by atoms with E-state index >= 15 is 0 Å². The first-order valence-electron chi connectivity index (χ1n) is 10.5. The molecule has 1 aromatic heterocycles. The number of benzene rings is 2. The number of hydrogen-bond acceptors (Lipinski definition) is 5. The molecule has 9 heteroatoms. The first kappa shape index (κ1) is 25.5. The molecule has 0 unspecified atom stereocenters. The Kier molecular flexibility index (Phi) is 7.49. The molecular formula is C25H25ClFN3O3S. The van der Waals surface area contributed by atoms with Crippen LogP contribution < -0.4 is 9.46 Å². The summed E-state index contributed by atoms with van der Waals surface area (Å²) in [6.07, 6.45) is 2.91. The summed E-state index contributed by atoms with van der Waals surface area (Å²) >= 11 is 6.45. The van der Waals surface area contributed by atoms with Gasteiger partial charge in [0.05, 0.1) is 17.9 Å². The van der Waals surface area contributed by atoms with E-state index in [-0.39, 0.29) is 18.0 Å². The van der Waals surface area contributed by atoms with Gasteiger partial charge in [0.25, 0.3) is 0 Å². The molecule has 6 nitrogen and oxygen atoms in total. The molecule has 0 aliphatic rings. The van der Waals surface area contributed by atoms with Gasteiger partial charge in [-0.15, -0.1) is 0 Å². The molecule has 0 radical (unpaired) electrons. The molecule has 2 aromatic carbocycles. The molecule has 34 heavy (non-hydrogen) atoms. The minimum atomic E-state index is -3.66. The first-order valence-corrected chi connectivity index (χ1v) is 12.8. The molecule has 0 aliphatic carbocycles. The van der Waals surface area contributed by atoms with Gasteiger partial charge in [-0.2, -0.15) is 5.26 Å². The number of rotatable bonds is 8. The average Bonchev–Trinajstić information content (AvgIpc) is 2.78. The summed E-state index contributed by atoms with van der Waals surface area (Å²) in [4.78, 5) is 3.73. The molecule has 1 heterocycles. The second kappa shape index (κ2) is 10.00. The zero-order valence-electron chi connectivity index (χ0n) is 19.3. The molecule has 0 atom stereocenters. The highest BCUT2D eigenvalue weighted by Crippen LogP contribution is 2.36. The molecule has 1 N–H and O–H groups in total. The number of hydrogen-bond donors (Lipinski definition) is 1. The van der Waals surface area contributed by atoms with Crippen molar-refractivity contribution in [2.45, 2.75) is 39.2 Å². The minimum Gasteiger partial charge on any atom is -0.489 e. The first-order chi connectivity index (χ1) is 16.0. The molecule has 0 aliphatic heterocycles. The lowest BCUT2D eigenvalue weighted by atomic mass is 9.77. The fourth-order valence-corrected chi connectivity index (χ4v) is 4.44. The SMILES string of the molecule is CCc1c(Cl)cc(C(C)(C)c2ccc(OCc3ccnc(NS(C)(=O)=O)c3F)cc2)cc1C#N. The van der Waals surface area contributed by atoms with Crippen molar-refractivity contribution in [2.75, 3.05) is 11.0 Å². The molecule has 3 rings (SSSR count). The van der Waals surface area contributed by atoms with Gasteiger partial charge in [-0.05, 0) is 53.4 Å². The third-order valence-corrected chi connectivity index (χ3v) is 6.51. The van der Waals surface area contributed by atoms with Gasteiger partial charge < -0.3 is 4.74 Å². The van der Waals surface area contributed by atoms with E-state index in [2.05, 4.69) is 11.1 Å². The van der Waals surface area contributed by atoms with Crippen molar-refractivity contribution in [3.63, 3.8) is 0 Å². The van der Waals surface area contributed by atoms with Crippen LogP contribution >= 0.6 is 11.6 Å². The highest BCUT2D eigenvalue weighted by Gasteiger charge is 2.25. The second-order valence-corrected chi connectivity index (χ2v) is 10.6. The summed E-state index contributed by atoms with van der Waals surface area (Å²) in [5.41, 5.74) is 3.06. The molecule has 3 aromatic rings. The molecule has 0 amide bonds. The molecule has 178 valence electrons. The van der Waals surface area contributed by atoms with Crippen molar-refractivity contribution in [3.05, 3.63) is 87.3 Å². The molecule has 0 bridgehead atoms. The number of nitrogens with zero attached hydrogens (tertiary/aromatic N) is 2. The Morgan fingerprint density at radius 3 is 2.44 bits per heavy atom. The van der Waals surface area contributed by atoms with E-state index in [1.807, 2.05) is 49.8 Å². The van der Waals surface area contributed by atoms with Gasteiger partial charge in [-0.3, -0.25) is 4.72 Å². The molecule has 0 saturated heterocycles. The number of nitrogens with one attached hydrogen (secondary N) is 1. The lowest BCUT2D eigenvalue weighted by Crippen LogP contribution is -2.19. The molecule has 0 saturated carbocycles. The van der Waals surface area contributed by atoms with Crippen molar-refractivity contribution >= 4 is 27.4 Å². The summed E-state index contributed by atoms with van der Waals surface area (Å²) in [7, 11) is -3.66. The summed E-state index contributed by atoms with van der Waals surface area (Å²) in [6.45, 7) is 5.95. The van der Waals surface area contributed by atoms with Crippen LogP contribution in [0.25, 0.3) is 0 Å². The molecular weight excluding hydrogens is 477 g/mol. The fourth-order valence-electron chi connectivity index (χ4n) is 3.59. The van der Waals surface area contributed by atoms with E-state index in [1.54, 1.807) is 12.1 Å². The van der Waals surface area contributed by atoms with E-state index in [4.69, 9.17) is 16.3 Å². The zero-order valence-corrected chi connectivity index (χ0v) is 20.9. The van der Waals surface area contributed by atoms with Crippen LogP contribution in [0.5, 0.6) is 5.75 Å². The summed E-state index contributed by atoms with van der Waals surface area (Å²) < 4.78 is 45.1. The predicted octanol–water partition coefficient (Wildman–Crippen LogP) is 5.58. The third-order valence-electron chi connectivity index (χ3n) is 5.61. The Labute approximate surface area is 204 Å². The Hall–Kier alpha value is -3.15. The minimum absolute atomic E-state index is 0.102. The van der Waals surface area contributed by atoms with E-state index in [0.29, 0.717) is 22.8 Å². The highest BCUT2D eigenvalue weighted by molar-refractivity contribution is 7.92. The topological polar surface area (TPSA) is 92.1 Å². The average molecular weight is 502 g/mol. The number of anilines is 1. The summed E-state index contributed by atoms with van der Waals surface area (Å²) in [6, 6.07) is 14.8. The Morgan fingerprint density at radius 1 is 1.18 bits per heavy atom. The number of halogens is 2. The van der Waals surface area contributed by atoms with Crippen LogP contribution in [0.2, 0.25) is 5.02 Å². The van der Waals surface area contributed by atoms with Crippen LogP contribution in [0.3, 0.4) is 0 Å². The van der Waals surface area contributed by atoms with Crippen LogP contribution in [0.1, 0.15) is 48.6 Å². The van der Waals surface area contributed by atoms with Gasteiger partial charge >= 0.3 is 0 Å². The zero-order chi connectivity index (χ0) is 25.1. The van der Waals surface area contributed by atoms with Crippen molar-refractivity contribution in [2.24, 2.45) is 0 Å². The predicted molar refractivity (Wildman–Crippen MR) is 131 cm³/mol. The van der Waals surface area contributed by atoms with Crippen LogP contribution in [-0.4, -0.2) is 19.7 Å². The van der Waals surface area contributed by atoms with Crippen LogP contribution in [0.15, 0.2) is 48.7 Å². The van der Waals surface area contributed by atoms with Crippen molar-refractivity contribution < 1.29 is 17.5 Å². The van der Waals surface area contributed by atoms with E-state index in [1.165, 1.54) is 12.3 Å². The Morgan fingerprint density at radius 2 is 1.85 bits per heavy atom. The number of ether oxygens (including phenoxy) is 1. The van der Waals surface area contributed by atoms with Gasteiger partial charge in [-0.25, -0.2) is 17.8 Å². The number of pyridine rings is 1. The van der Waals surface area contributed by atoms with Gasteiger partial charge in [0, 0.05) is 22.2 Å². The van der Waals surface area contributed by atoms with Gasteiger partial charge in [0.2, 0.25) is 10.0 Å². The van der Waals surface area contributed by atoms with E-state index in [0.717, 1.165) is 22.9 Å². The van der Waals surface area contributed by atoms with E-state index < -0.39 is 21.3 Å².